The van der Waals surface area contributed by atoms with Crippen molar-refractivity contribution in [3.8, 4) is 0 Å². The van der Waals surface area contributed by atoms with Gasteiger partial charge < -0.3 is 5.32 Å². The highest BCUT2D eigenvalue weighted by Crippen LogP contribution is 2.30. The van der Waals surface area contributed by atoms with Gasteiger partial charge in [0, 0.05) is 47.3 Å². The van der Waals surface area contributed by atoms with Crippen molar-refractivity contribution in [2.75, 3.05) is 6.54 Å². The Hall–Kier alpha value is -4.26. The molecule has 7 nitrogen and oxygen atoms in total. The zero-order valence-electron chi connectivity index (χ0n) is 20.5. The van der Waals surface area contributed by atoms with Gasteiger partial charge in [0.15, 0.2) is 0 Å². The fourth-order valence-corrected chi connectivity index (χ4v) is 4.86. The maximum absolute atomic E-state index is 13.0. The van der Waals surface area contributed by atoms with E-state index in [2.05, 4.69) is 22.5 Å². The monoisotopic (exact) mass is 480 g/mol. The molecule has 1 aromatic heterocycles. The Morgan fingerprint density at radius 1 is 0.889 bits per heavy atom. The fraction of sp³-hybridized carbons (Fsp3) is 0.241. The Balaban J connectivity index is 1.17. The molecule has 4 aromatic rings. The molecule has 0 saturated heterocycles. The second-order valence-corrected chi connectivity index (χ2v) is 9.14. The summed E-state index contributed by atoms with van der Waals surface area (Å²) in [4.78, 5) is 39.8. The van der Waals surface area contributed by atoms with Crippen LogP contribution in [0, 0.1) is 13.8 Å². The Kier molecular flexibility index (Phi) is 6.38. The summed E-state index contributed by atoms with van der Waals surface area (Å²) in [6.07, 6.45) is 0.617. The molecule has 0 saturated carbocycles. The van der Waals surface area contributed by atoms with E-state index < -0.39 is 0 Å². The average Bonchev–Trinajstić information content (AvgIpc) is 3.15. The third-order valence-corrected chi connectivity index (χ3v) is 6.81. The first kappa shape index (κ1) is 23.5. The van der Waals surface area contributed by atoms with Crippen LogP contribution in [-0.2, 0) is 17.9 Å². The summed E-state index contributed by atoms with van der Waals surface area (Å²) in [6.45, 7) is 5.22. The van der Waals surface area contributed by atoms with Gasteiger partial charge in [-0.1, -0.05) is 54.6 Å². The lowest BCUT2D eigenvalue weighted by Crippen LogP contribution is -2.41. The maximum Gasteiger partial charge on any atom is 0.261 e. The second kappa shape index (κ2) is 9.77. The van der Waals surface area contributed by atoms with Gasteiger partial charge >= 0.3 is 0 Å². The molecule has 36 heavy (non-hydrogen) atoms. The van der Waals surface area contributed by atoms with E-state index in [1.807, 2.05) is 61.0 Å². The molecule has 0 fully saturated rings. The number of nitrogens with zero attached hydrogens (tertiary/aromatic N) is 3. The number of imide groups is 1. The molecule has 0 atom stereocenters. The van der Waals surface area contributed by atoms with Crippen LogP contribution < -0.4 is 5.32 Å². The van der Waals surface area contributed by atoms with E-state index in [9.17, 15) is 14.4 Å². The lowest BCUT2D eigenvalue weighted by atomic mass is 9.94. The van der Waals surface area contributed by atoms with E-state index in [4.69, 9.17) is 0 Å². The van der Waals surface area contributed by atoms with Crippen LogP contribution >= 0.6 is 0 Å². The summed E-state index contributed by atoms with van der Waals surface area (Å²) in [6, 6.07) is 21.1. The van der Waals surface area contributed by atoms with Crippen LogP contribution in [0.5, 0.6) is 0 Å². The molecule has 182 valence electrons. The predicted molar refractivity (Wildman–Crippen MR) is 138 cm³/mol. The number of nitrogens with one attached hydrogen (secondary N) is 1. The van der Waals surface area contributed by atoms with E-state index in [1.54, 1.807) is 12.1 Å². The molecule has 0 bridgehead atoms. The van der Waals surface area contributed by atoms with Crippen LogP contribution in [0.4, 0.5) is 0 Å². The van der Waals surface area contributed by atoms with Gasteiger partial charge in [-0.05, 0) is 43.4 Å². The minimum absolute atomic E-state index is 0.121. The number of carbonyl (C=O) groups excluding carboxylic acids is 3. The van der Waals surface area contributed by atoms with Crippen molar-refractivity contribution in [3.05, 3.63) is 100 Å². The van der Waals surface area contributed by atoms with Crippen molar-refractivity contribution >= 4 is 28.5 Å². The highest BCUT2D eigenvalue weighted by Gasteiger charge is 2.32. The van der Waals surface area contributed by atoms with Gasteiger partial charge in [-0.2, -0.15) is 5.10 Å². The minimum atomic E-state index is -0.304. The van der Waals surface area contributed by atoms with Crippen LogP contribution in [-0.4, -0.2) is 38.9 Å². The number of benzene rings is 3. The lowest BCUT2D eigenvalue weighted by Gasteiger charge is -2.27. The van der Waals surface area contributed by atoms with E-state index >= 15 is 0 Å². The molecule has 1 aliphatic rings. The number of hydrogen-bond donors (Lipinski definition) is 1. The summed E-state index contributed by atoms with van der Waals surface area (Å²) in [5, 5.41) is 9.20. The molecule has 0 aliphatic carbocycles. The molecular weight excluding hydrogens is 452 g/mol. The molecular formula is C29H28N4O3. The Morgan fingerprint density at radius 2 is 1.56 bits per heavy atom. The quantitative estimate of drug-likeness (QED) is 0.379. The van der Waals surface area contributed by atoms with Gasteiger partial charge in [0.05, 0.1) is 12.2 Å². The smallest absolute Gasteiger partial charge is 0.261 e. The standard InChI is InChI=1S/C29H28N4O3/c1-19-25(20(2)33(31-19)18-21-9-4-3-5-10-21)17-30-26(34)15-8-16-32-28(35)23-13-6-11-22-12-7-14-24(27(22)23)29(32)36/h3-7,9-14H,8,15-18H2,1-2H3,(H,30,34). The highest BCUT2D eigenvalue weighted by atomic mass is 16.2. The minimum Gasteiger partial charge on any atom is -0.352 e. The number of rotatable bonds is 8. The molecule has 3 amide bonds. The van der Waals surface area contributed by atoms with Crippen molar-refractivity contribution in [3.63, 3.8) is 0 Å². The molecule has 0 radical (unpaired) electrons. The topological polar surface area (TPSA) is 84.3 Å². The van der Waals surface area contributed by atoms with Gasteiger partial charge in [0.1, 0.15) is 0 Å². The van der Waals surface area contributed by atoms with E-state index in [0.717, 1.165) is 22.3 Å². The lowest BCUT2D eigenvalue weighted by molar-refractivity contribution is -0.121. The normalized spacial score (nSPS) is 12.9. The Labute approximate surface area is 209 Å². The second-order valence-electron chi connectivity index (χ2n) is 9.14. The van der Waals surface area contributed by atoms with Crippen LogP contribution in [0.3, 0.4) is 0 Å². The van der Waals surface area contributed by atoms with Gasteiger partial charge in [0.25, 0.3) is 11.8 Å². The third-order valence-electron chi connectivity index (χ3n) is 6.81. The average molecular weight is 481 g/mol. The van der Waals surface area contributed by atoms with Crippen LogP contribution in [0.15, 0.2) is 66.7 Å². The van der Waals surface area contributed by atoms with Crippen LogP contribution in [0.25, 0.3) is 10.8 Å². The molecule has 0 spiro atoms. The van der Waals surface area contributed by atoms with Crippen LogP contribution in [0.2, 0.25) is 0 Å². The van der Waals surface area contributed by atoms with Crippen molar-refractivity contribution in [2.45, 2.75) is 39.8 Å². The summed E-state index contributed by atoms with van der Waals surface area (Å²) in [7, 11) is 0. The number of carbonyl (C=O) groups is 3. The van der Waals surface area contributed by atoms with E-state index in [1.165, 1.54) is 10.5 Å². The number of amides is 3. The highest BCUT2D eigenvalue weighted by molar-refractivity contribution is 6.25. The first-order valence-corrected chi connectivity index (χ1v) is 12.2. The molecule has 5 rings (SSSR count). The van der Waals surface area contributed by atoms with Crippen molar-refractivity contribution in [1.82, 2.24) is 20.0 Å². The van der Waals surface area contributed by atoms with Gasteiger partial charge in [0.2, 0.25) is 5.91 Å². The van der Waals surface area contributed by atoms with Crippen molar-refractivity contribution in [1.29, 1.82) is 0 Å². The zero-order chi connectivity index (χ0) is 25.2. The maximum atomic E-state index is 13.0. The number of aryl methyl sites for hydroxylation is 1. The molecule has 2 heterocycles. The van der Waals surface area contributed by atoms with E-state index in [-0.39, 0.29) is 30.7 Å². The number of hydrogen-bond acceptors (Lipinski definition) is 4. The first-order valence-electron chi connectivity index (χ1n) is 12.2. The summed E-state index contributed by atoms with van der Waals surface area (Å²) >= 11 is 0. The van der Waals surface area contributed by atoms with Crippen molar-refractivity contribution < 1.29 is 14.4 Å². The first-order chi connectivity index (χ1) is 17.4. The third kappa shape index (κ3) is 4.40. The largest absolute Gasteiger partial charge is 0.352 e. The molecule has 1 N–H and O–H groups in total. The Morgan fingerprint density at radius 3 is 2.22 bits per heavy atom. The zero-order valence-corrected chi connectivity index (χ0v) is 20.5. The van der Waals surface area contributed by atoms with E-state index in [0.29, 0.717) is 36.0 Å². The van der Waals surface area contributed by atoms with Crippen LogP contribution in [0.1, 0.15) is 56.1 Å². The number of aromatic nitrogens is 2. The molecule has 3 aromatic carbocycles. The Bertz CT molecular complexity index is 1420. The van der Waals surface area contributed by atoms with Gasteiger partial charge in [-0.15, -0.1) is 0 Å². The molecule has 1 aliphatic heterocycles. The van der Waals surface area contributed by atoms with Gasteiger partial charge in [-0.3, -0.25) is 24.0 Å². The SMILES string of the molecule is Cc1nn(Cc2ccccc2)c(C)c1CNC(=O)CCCN1C(=O)c2cccc3cccc(c23)C1=O. The summed E-state index contributed by atoms with van der Waals surface area (Å²) < 4.78 is 1.96. The molecule has 7 heteroatoms. The molecule has 0 unspecified atom stereocenters. The summed E-state index contributed by atoms with van der Waals surface area (Å²) in [5.74, 6) is -0.729. The fourth-order valence-electron chi connectivity index (χ4n) is 4.86. The predicted octanol–water partition coefficient (Wildman–Crippen LogP) is 4.39. The summed E-state index contributed by atoms with van der Waals surface area (Å²) in [5.41, 5.74) is 5.15. The van der Waals surface area contributed by atoms with Gasteiger partial charge in [-0.25, -0.2) is 0 Å². The van der Waals surface area contributed by atoms with Crippen molar-refractivity contribution in [2.24, 2.45) is 0 Å².